The van der Waals surface area contributed by atoms with Crippen LogP contribution in [-0.2, 0) is 4.79 Å². The second kappa shape index (κ2) is 4.13. The van der Waals surface area contributed by atoms with E-state index in [0.29, 0.717) is 6.54 Å². The average Bonchev–Trinajstić information content (AvgIpc) is 2.47. The minimum absolute atomic E-state index is 0.0564. The predicted molar refractivity (Wildman–Crippen MR) is 47.2 cm³/mol. The summed E-state index contributed by atoms with van der Waals surface area (Å²) in [5, 5.41) is 2.66. The van der Waals surface area contributed by atoms with Crippen LogP contribution in [0.2, 0.25) is 0 Å². The molecule has 0 radical (unpaired) electrons. The first-order chi connectivity index (χ1) is 5.74. The van der Waals surface area contributed by atoms with Gasteiger partial charge in [-0.25, -0.2) is 0 Å². The van der Waals surface area contributed by atoms with Gasteiger partial charge in [-0.15, -0.1) is 6.42 Å². The zero-order valence-corrected chi connectivity index (χ0v) is 7.05. The van der Waals surface area contributed by atoms with Crippen molar-refractivity contribution in [2.24, 2.45) is 11.7 Å². The van der Waals surface area contributed by atoms with Gasteiger partial charge in [0.2, 0.25) is 5.91 Å². The Hall–Kier alpha value is -1.01. The van der Waals surface area contributed by atoms with Crippen molar-refractivity contribution >= 4 is 5.91 Å². The van der Waals surface area contributed by atoms with E-state index in [2.05, 4.69) is 11.2 Å². The van der Waals surface area contributed by atoms with Gasteiger partial charge in [0.05, 0.1) is 6.54 Å². The van der Waals surface area contributed by atoms with Crippen LogP contribution in [0.5, 0.6) is 0 Å². The van der Waals surface area contributed by atoms with Gasteiger partial charge in [0, 0.05) is 12.0 Å². The second-order valence-electron chi connectivity index (χ2n) is 3.19. The van der Waals surface area contributed by atoms with Crippen molar-refractivity contribution in [3.63, 3.8) is 0 Å². The molecule has 1 aliphatic rings. The van der Waals surface area contributed by atoms with Crippen molar-refractivity contribution in [2.45, 2.75) is 25.3 Å². The van der Waals surface area contributed by atoms with Gasteiger partial charge < -0.3 is 11.1 Å². The summed E-state index contributed by atoms with van der Waals surface area (Å²) in [5.74, 6) is 2.52. The summed E-state index contributed by atoms with van der Waals surface area (Å²) in [4.78, 5) is 11.3. The fraction of sp³-hybridized carbons (Fsp3) is 0.667. The maximum absolute atomic E-state index is 11.3. The first kappa shape index (κ1) is 9.08. The quantitative estimate of drug-likeness (QED) is 0.561. The van der Waals surface area contributed by atoms with E-state index in [1.165, 1.54) is 0 Å². The number of carbonyl (C=O) groups excluding carboxylic acids is 1. The van der Waals surface area contributed by atoms with E-state index in [4.69, 9.17) is 12.2 Å². The van der Waals surface area contributed by atoms with Crippen molar-refractivity contribution < 1.29 is 4.79 Å². The van der Waals surface area contributed by atoms with Gasteiger partial charge in [-0.2, -0.15) is 0 Å². The number of hydrogen-bond donors (Lipinski definition) is 2. The van der Waals surface area contributed by atoms with Crippen LogP contribution in [0.25, 0.3) is 0 Å². The van der Waals surface area contributed by atoms with E-state index in [1.807, 2.05) is 0 Å². The Morgan fingerprint density at radius 3 is 2.92 bits per heavy atom. The number of rotatable bonds is 2. The number of carbonyl (C=O) groups is 1. The average molecular weight is 166 g/mol. The molecule has 0 spiro atoms. The largest absolute Gasteiger partial charge is 0.345 e. The van der Waals surface area contributed by atoms with Crippen LogP contribution in [0.15, 0.2) is 0 Å². The molecule has 3 nitrogen and oxygen atoms in total. The molecule has 0 aromatic heterocycles. The van der Waals surface area contributed by atoms with Crippen LogP contribution in [-0.4, -0.2) is 18.5 Å². The molecule has 3 N–H and O–H groups in total. The van der Waals surface area contributed by atoms with Crippen LogP contribution in [0, 0.1) is 18.3 Å². The molecule has 66 valence electrons. The zero-order valence-electron chi connectivity index (χ0n) is 7.05. The normalized spacial score (nSPS) is 28.0. The van der Waals surface area contributed by atoms with Gasteiger partial charge in [-0.05, 0) is 19.3 Å². The van der Waals surface area contributed by atoms with Gasteiger partial charge in [-0.1, -0.05) is 5.92 Å². The van der Waals surface area contributed by atoms with Crippen molar-refractivity contribution in [2.75, 3.05) is 6.54 Å². The number of nitrogens with one attached hydrogen (secondary N) is 1. The molecule has 2 unspecified atom stereocenters. The molecule has 12 heavy (non-hydrogen) atoms. The van der Waals surface area contributed by atoms with Gasteiger partial charge in [0.25, 0.3) is 0 Å². The van der Waals surface area contributed by atoms with Crippen LogP contribution in [0.3, 0.4) is 0 Å². The summed E-state index contributed by atoms with van der Waals surface area (Å²) in [7, 11) is 0. The highest BCUT2D eigenvalue weighted by Gasteiger charge is 2.27. The Labute approximate surface area is 72.7 Å². The third kappa shape index (κ3) is 2.24. The van der Waals surface area contributed by atoms with E-state index in [1.54, 1.807) is 0 Å². The van der Waals surface area contributed by atoms with Crippen molar-refractivity contribution in [1.29, 1.82) is 0 Å². The number of nitrogens with two attached hydrogens (primary N) is 1. The van der Waals surface area contributed by atoms with E-state index in [9.17, 15) is 4.79 Å². The van der Waals surface area contributed by atoms with E-state index in [0.717, 1.165) is 19.3 Å². The van der Waals surface area contributed by atoms with Crippen molar-refractivity contribution in [3.05, 3.63) is 0 Å². The van der Waals surface area contributed by atoms with E-state index < -0.39 is 0 Å². The topological polar surface area (TPSA) is 55.1 Å². The van der Waals surface area contributed by atoms with Crippen LogP contribution in [0.4, 0.5) is 0 Å². The Balaban J connectivity index is 2.29. The van der Waals surface area contributed by atoms with Crippen molar-refractivity contribution in [1.82, 2.24) is 5.32 Å². The molecule has 0 aromatic rings. The molecule has 1 saturated carbocycles. The maximum atomic E-state index is 11.3. The SMILES string of the molecule is C#CCNC(=O)C1CCC(N)C1. The first-order valence-corrected chi connectivity index (χ1v) is 4.20. The summed E-state index contributed by atoms with van der Waals surface area (Å²) in [6.45, 7) is 0.324. The fourth-order valence-electron chi connectivity index (χ4n) is 1.54. The molecule has 0 heterocycles. The Morgan fingerprint density at radius 1 is 1.67 bits per heavy atom. The maximum Gasteiger partial charge on any atom is 0.223 e. The zero-order chi connectivity index (χ0) is 8.97. The highest BCUT2D eigenvalue weighted by atomic mass is 16.1. The molecule has 1 aliphatic carbocycles. The Kier molecular flexibility index (Phi) is 3.12. The molecule has 0 bridgehead atoms. The number of hydrogen-bond acceptors (Lipinski definition) is 2. The van der Waals surface area contributed by atoms with Gasteiger partial charge in [0.1, 0.15) is 0 Å². The molecule has 1 fully saturated rings. The van der Waals surface area contributed by atoms with E-state index in [-0.39, 0.29) is 17.9 Å². The summed E-state index contributed by atoms with van der Waals surface area (Å²) < 4.78 is 0. The predicted octanol–water partition coefficient (Wildman–Crippen LogP) is -0.137. The van der Waals surface area contributed by atoms with Gasteiger partial charge in [-0.3, -0.25) is 4.79 Å². The minimum atomic E-state index is 0.0564. The molecular formula is C9H14N2O. The highest BCUT2D eigenvalue weighted by Crippen LogP contribution is 2.23. The van der Waals surface area contributed by atoms with Crippen molar-refractivity contribution in [3.8, 4) is 12.3 Å². The molecule has 1 rings (SSSR count). The molecule has 1 amide bonds. The number of amides is 1. The number of terminal acetylenes is 1. The molecule has 0 saturated heterocycles. The van der Waals surface area contributed by atoms with Gasteiger partial charge in [0.15, 0.2) is 0 Å². The first-order valence-electron chi connectivity index (χ1n) is 4.20. The summed E-state index contributed by atoms with van der Waals surface area (Å²) in [6, 6.07) is 0.201. The van der Waals surface area contributed by atoms with E-state index >= 15 is 0 Å². The van der Waals surface area contributed by atoms with Crippen LogP contribution in [0.1, 0.15) is 19.3 Å². The minimum Gasteiger partial charge on any atom is -0.345 e. The lowest BCUT2D eigenvalue weighted by molar-refractivity contribution is -0.124. The third-order valence-electron chi connectivity index (χ3n) is 2.21. The Morgan fingerprint density at radius 2 is 2.42 bits per heavy atom. The highest BCUT2D eigenvalue weighted by molar-refractivity contribution is 5.79. The molecule has 3 heteroatoms. The van der Waals surface area contributed by atoms with Gasteiger partial charge >= 0.3 is 0 Å². The summed E-state index contributed by atoms with van der Waals surface area (Å²) >= 11 is 0. The summed E-state index contributed by atoms with van der Waals surface area (Å²) in [5.41, 5.74) is 5.67. The fourth-order valence-corrected chi connectivity index (χ4v) is 1.54. The molecular weight excluding hydrogens is 152 g/mol. The molecule has 0 aromatic carbocycles. The smallest absolute Gasteiger partial charge is 0.223 e. The van der Waals surface area contributed by atoms with Crippen LogP contribution < -0.4 is 11.1 Å². The lowest BCUT2D eigenvalue weighted by atomic mass is 10.1. The lowest BCUT2D eigenvalue weighted by Gasteiger charge is -2.07. The Bertz CT molecular complexity index is 207. The van der Waals surface area contributed by atoms with Crippen LogP contribution >= 0.6 is 0 Å². The summed E-state index contributed by atoms with van der Waals surface area (Å²) in [6.07, 6.45) is 7.67. The monoisotopic (exact) mass is 166 g/mol. The standard InChI is InChI=1S/C9H14N2O/c1-2-5-11-9(12)7-3-4-8(10)6-7/h1,7-8H,3-6,10H2,(H,11,12). The lowest BCUT2D eigenvalue weighted by Crippen LogP contribution is -2.30. The second-order valence-corrected chi connectivity index (χ2v) is 3.19. The molecule has 2 atom stereocenters. The molecule has 0 aliphatic heterocycles. The third-order valence-corrected chi connectivity index (χ3v) is 2.21.